The highest BCUT2D eigenvalue weighted by atomic mass is 35.5. The van der Waals surface area contributed by atoms with Crippen molar-refractivity contribution in [2.24, 2.45) is 0 Å². The molecule has 0 bridgehead atoms. The zero-order chi connectivity index (χ0) is 11.0. The van der Waals surface area contributed by atoms with Gasteiger partial charge in [-0.2, -0.15) is 0 Å². The summed E-state index contributed by atoms with van der Waals surface area (Å²) in [4.78, 5) is 15.7. The van der Waals surface area contributed by atoms with Crippen LogP contribution in [0.15, 0.2) is 18.3 Å². The summed E-state index contributed by atoms with van der Waals surface area (Å²) in [5, 5.41) is 5.91. The molecule has 0 aromatic carbocycles. The first kappa shape index (κ1) is 12.1. The summed E-state index contributed by atoms with van der Waals surface area (Å²) in [7, 11) is 0. The fraction of sp³-hybridized carbons (Fsp3) is 0.455. The number of halogens is 1. The van der Waals surface area contributed by atoms with Gasteiger partial charge in [-0.1, -0.05) is 0 Å². The van der Waals surface area contributed by atoms with E-state index in [-0.39, 0.29) is 12.4 Å². The first-order valence-electron chi connectivity index (χ1n) is 5.46. The second-order valence-electron chi connectivity index (χ2n) is 4.16. The maximum absolute atomic E-state index is 11.5. The molecule has 6 heteroatoms. The van der Waals surface area contributed by atoms with Gasteiger partial charge >= 0.3 is 6.09 Å². The standard InChI is InChI=1S/C11H13N3O2.ClH/c15-10-14-9-8(2-1-5-13-9)11(16-10)3-6-12-7-4-11;/h1-2,5,12H,3-4,6-7H2,(H,13,14,15);1H. The van der Waals surface area contributed by atoms with Crippen molar-refractivity contribution in [1.82, 2.24) is 10.3 Å². The van der Waals surface area contributed by atoms with Crippen LogP contribution in [0.3, 0.4) is 0 Å². The van der Waals surface area contributed by atoms with Crippen LogP contribution in [-0.4, -0.2) is 24.2 Å². The normalized spacial score (nSPS) is 20.8. The smallest absolute Gasteiger partial charge is 0.413 e. The quantitative estimate of drug-likeness (QED) is 0.740. The van der Waals surface area contributed by atoms with Crippen LogP contribution in [0.1, 0.15) is 18.4 Å². The van der Waals surface area contributed by atoms with Crippen LogP contribution in [0.25, 0.3) is 0 Å². The zero-order valence-electron chi connectivity index (χ0n) is 9.23. The van der Waals surface area contributed by atoms with E-state index in [1.165, 1.54) is 0 Å². The Bertz CT molecular complexity index is 432. The summed E-state index contributed by atoms with van der Waals surface area (Å²) in [5.41, 5.74) is 0.521. The van der Waals surface area contributed by atoms with Crippen molar-refractivity contribution in [3.8, 4) is 0 Å². The second kappa shape index (κ2) is 4.50. The topological polar surface area (TPSA) is 63.2 Å². The van der Waals surface area contributed by atoms with Crippen LogP contribution in [0.4, 0.5) is 10.6 Å². The van der Waals surface area contributed by atoms with Gasteiger partial charge in [-0.3, -0.25) is 5.32 Å². The summed E-state index contributed by atoms with van der Waals surface area (Å²) >= 11 is 0. The Labute approximate surface area is 105 Å². The molecular formula is C11H14ClN3O2. The van der Waals surface area contributed by atoms with Gasteiger partial charge < -0.3 is 10.1 Å². The van der Waals surface area contributed by atoms with Gasteiger partial charge in [-0.15, -0.1) is 12.4 Å². The molecular weight excluding hydrogens is 242 g/mol. The molecule has 0 unspecified atom stereocenters. The lowest BCUT2D eigenvalue weighted by Gasteiger charge is -2.40. The van der Waals surface area contributed by atoms with Crippen molar-refractivity contribution in [3.05, 3.63) is 23.9 Å². The number of anilines is 1. The maximum Gasteiger partial charge on any atom is 0.413 e. The fourth-order valence-corrected chi connectivity index (χ4v) is 2.43. The number of amides is 1. The lowest BCUT2D eigenvalue weighted by Crippen LogP contribution is -2.47. The maximum atomic E-state index is 11.5. The molecule has 1 spiro atoms. The molecule has 2 N–H and O–H groups in total. The first-order chi connectivity index (χ1) is 7.80. The lowest BCUT2D eigenvalue weighted by atomic mass is 9.84. The van der Waals surface area contributed by atoms with Crippen LogP contribution in [0, 0.1) is 0 Å². The van der Waals surface area contributed by atoms with Gasteiger partial charge in [-0.05, 0) is 25.2 Å². The molecule has 1 aromatic rings. The van der Waals surface area contributed by atoms with Gasteiger partial charge in [0, 0.05) is 24.6 Å². The minimum Gasteiger partial charge on any atom is -0.438 e. The fourth-order valence-electron chi connectivity index (χ4n) is 2.43. The molecule has 1 aromatic heterocycles. The average Bonchev–Trinajstić information content (AvgIpc) is 2.30. The number of aromatic nitrogens is 1. The third-order valence-corrected chi connectivity index (χ3v) is 3.22. The van der Waals surface area contributed by atoms with Crippen molar-refractivity contribution in [2.45, 2.75) is 18.4 Å². The molecule has 92 valence electrons. The van der Waals surface area contributed by atoms with E-state index in [9.17, 15) is 4.79 Å². The Balaban J connectivity index is 0.00000108. The molecule has 3 heterocycles. The molecule has 1 fully saturated rings. The number of pyridine rings is 1. The third kappa shape index (κ3) is 1.96. The molecule has 17 heavy (non-hydrogen) atoms. The monoisotopic (exact) mass is 255 g/mol. The first-order valence-corrected chi connectivity index (χ1v) is 5.46. The van der Waals surface area contributed by atoms with Gasteiger partial charge in [0.1, 0.15) is 11.4 Å². The van der Waals surface area contributed by atoms with E-state index < -0.39 is 11.7 Å². The molecule has 1 amide bonds. The average molecular weight is 256 g/mol. The van der Waals surface area contributed by atoms with Gasteiger partial charge in [0.25, 0.3) is 0 Å². The number of hydrogen-bond donors (Lipinski definition) is 2. The van der Waals surface area contributed by atoms with E-state index in [0.29, 0.717) is 5.82 Å². The number of fused-ring (bicyclic) bond motifs is 2. The molecule has 0 aliphatic carbocycles. The molecule has 0 radical (unpaired) electrons. The van der Waals surface area contributed by atoms with E-state index in [4.69, 9.17) is 4.74 Å². The van der Waals surface area contributed by atoms with Crippen molar-refractivity contribution >= 4 is 24.3 Å². The summed E-state index contributed by atoms with van der Waals surface area (Å²) in [6.45, 7) is 1.73. The number of rotatable bonds is 0. The molecule has 2 aliphatic heterocycles. The summed E-state index contributed by atoms with van der Waals surface area (Å²) in [6, 6.07) is 3.86. The number of carbonyl (C=O) groups is 1. The van der Waals surface area contributed by atoms with E-state index in [0.717, 1.165) is 31.5 Å². The van der Waals surface area contributed by atoms with Gasteiger partial charge in [-0.25, -0.2) is 9.78 Å². The Morgan fingerprint density at radius 3 is 2.88 bits per heavy atom. The SMILES string of the molecule is Cl.O=C1Nc2ncccc2C2(CCNCC2)O1. The third-order valence-electron chi connectivity index (χ3n) is 3.22. The number of ether oxygens (including phenoxy) is 1. The molecule has 1 saturated heterocycles. The Morgan fingerprint density at radius 1 is 1.35 bits per heavy atom. The number of hydrogen-bond acceptors (Lipinski definition) is 4. The van der Waals surface area contributed by atoms with Crippen molar-refractivity contribution < 1.29 is 9.53 Å². The number of carbonyl (C=O) groups excluding carboxylic acids is 1. The highest BCUT2D eigenvalue weighted by molar-refractivity contribution is 5.87. The molecule has 2 aliphatic rings. The number of piperidine rings is 1. The van der Waals surface area contributed by atoms with Gasteiger partial charge in [0.2, 0.25) is 0 Å². The molecule has 5 nitrogen and oxygen atoms in total. The minimum absolute atomic E-state index is 0. The Kier molecular flexibility index (Phi) is 3.22. The highest BCUT2D eigenvalue weighted by Crippen LogP contribution is 2.40. The van der Waals surface area contributed by atoms with Crippen LogP contribution < -0.4 is 10.6 Å². The van der Waals surface area contributed by atoms with Crippen molar-refractivity contribution in [2.75, 3.05) is 18.4 Å². The number of nitrogens with zero attached hydrogens (tertiary/aromatic N) is 1. The zero-order valence-corrected chi connectivity index (χ0v) is 10.0. The van der Waals surface area contributed by atoms with Crippen molar-refractivity contribution in [1.29, 1.82) is 0 Å². The summed E-state index contributed by atoms with van der Waals surface area (Å²) in [6.07, 6.45) is 2.89. The predicted octanol–water partition coefficient (Wildman–Crippen LogP) is 1.64. The molecule has 0 atom stereocenters. The predicted molar refractivity (Wildman–Crippen MR) is 65.4 cm³/mol. The van der Waals surface area contributed by atoms with Crippen LogP contribution >= 0.6 is 12.4 Å². The van der Waals surface area contributed by atoms with Gasteiger partial charge in [0.15, 0.2) is 0 Å². The lowest BCUT2D eigenvalue weighted by molar-refractivity contribution is -0.0130. The van der Waals surface area contributed by atoms with E-state index in [1.54, 1.807) is 6.20 Å². The Morgan fingerprint density at radius 2 is 2.12 bits per heavy atom. The summed E-state index contributed by atoms with van der Waals surface area (Å²) in [5.74, 6) is 0.639. The Hall–Kier alpha value is -1.33. The largest absolute Gasteiger partial charge is 0.438 e. The number of nitrogens with one attached hydrogen (secondary N) is 2. The van der Waals surface area contributed by atoms with Crippen molar-refractivity contribution in [3.63, 3.8) is 0 Å². The molecule has 3 rings (SSSR count). The second-order valence-corrected chi connectivity index (χ2v) is 4.16. The van der Waals surface area contributed by atoms with E-state index >= 15 is 0 Å². The highest BCUT2D eigenvalue weighted by Gasteiger charge is 2.43. The van der Waals surface area contributed by atoms with Crippen LogP contribution in [0.5, 0.6) is 0 Å². The van der Waals surface area contributed by atoms with Crippen LogP contribution in [0.2, 0.25) is 0 Å². The van der Waals surface area contributed by atoms with Gasteiger partial charge in [0.05, 0.1) is 0 Å². The molecule has 0 saturated carbocycles. The van der Waals surface area contributed by atoms with Crippen LogP contribution in [-0.2, 0) is 10.3 Å². The minimum atomic E-state index is -0.475. The van der Waals surface area contributed by atoms with E-state index in [2.05, 4.69) is 15.6 Å². The van der Waals surface area contributed by atoms with E-state index in [1.807, 2.05) is 12.1 Å². The summed E-state index contributed by atoms with van der Waals surface area (Å²) < 4.78 is 5.51.